The van der Waals surface area contributed by atoms with Crippen molar-refractivity contribution in [3.05, 3.63) is 0 Å². The molecule has 2 fully saturated rings. The van der Waals surface area contributed by atoms with Gasteiger partial charge in [-0.1, -0.05) is 12.8 Å². The van der Waals surface area contributed by atoms with E-state index in [9.17, 15) is 14.7 Å². The van der Waals surface area contributed by atoms with Crippen LogP contribution in [0.15, 0.2) is 0 Å². The van der Waals surface area contributed by atoms with E-state index in [4.69, 9.17) is 0 Å². The fraction of sp³-hybridized carbons (Fsp3) is 0.846. The Morgan fingerprint density at radius 3 is 2.56 bits per heavy atom. The zero-order chi connectivity index (χ0) is 13.0. The molecular weight excluding hydrogens is 232 g/mol. The number of rotatable bonds is 4. The highest BCUT2D eigenvalue weighted by molar-refractivity contribution is 5.87. The summed E-state index contributed by atoms with van der Waals surface area (Å²) in [6, 6.07) is 0. The Labute approximate surface area is 107 Å². The fourth-order valence-corrected chi connectivity index (χ4v) is 3.05. The number of carbonyl (C=O) groups is 2. The number of hydrogen-bond acceptors (Lipinski definition) is 3. The topological polar surface area (TPSA) is 78.4 Å². The number of amides is 1. The van der Waals surface area contributed by atoms with E-state index in [0.29, 0.717) is 25.2 Å². The summed E-state index contributed by atoms with van der Waals surface area (Å²) in [7, 11) is 0. The van der Waals surface area contributed by atoms with Crippen molar-refractivity contribution >= 4 is 11.9 Å². The van der Waals surface area contributed by atoms with Gasteiger partial charge in [-0.15, -0.1) is 0 Å². The number of piperidine rings is 1. The summed E-state index contributed by atoms with van der Waals surface area (Å²) in [5.74, 6) is -0.630. The molecule has 5 nitrogen and oxygen atoms in total. The third-order valence-corrected chi connectivity index (χ3v) is 4.12. The van der Waals surface area contributed by atoms with Crippen LogP contribution in [0.1, 0.15) is 44.9 Å². The molecule has 1 aliphatic carbocycles. The van der Waals surface area contributed by atoms with Crippen molar-refractivity contribution in [1.82, 2.24) is 10.6 Å². The molecule has 3 N–H and O–H groups in total. The van der Waals surface area contributed by atoms with Gasteiger partial charge >= 0.3 is 5.97 Å². The van der Waals surface area contributed by atoms with E-state index in [1.54, 1.807) is 0 Å². The predicted molar refractivity (Wildman–Crippen MR) is 67.2 cm³/mol. The zero-order valence-corrected chi connectivity index (χ0v) is 10.7. The van der Waals surface area contributed by atoms with Gasteiger partial charge in [0.25, 0.3) is 0 Å². The molecule has 0 aromatic carbocycles. The summed E-state index contributed by atoms with van der Waals surface area (Å²) in [4.78, 5) is 23.3. The van der Waals surface area contributed by atoms with E-state index in [1.165, 1.54) is 0 Å². The minimum atomic E-state index is -0.987. The maximum Gasteiger partial charge on any atom is 0.329 e. The van der Waals surface area contributed by atoms with Crippen LogP contribution < -0.4 is 10.6 Å². The Balaban J connectivity index is 1.87. The second kappa shape index (κ2) is 5.69. The molecule has 2 rings (SSSR count). The third-order valence-electron chi connectivity index (χ3n) is 4.12. The lowest BCUT2D eigenvalue weighted by Gasteiger charge is -2.27. The number of carboxylic acid groups (broad SMARTS) is 1. The van der Waals surface area contributed by atoms with Gasteiger partial charge in [-0.25, -0.2) is 4.79 Å². The van der Waals surface area contributed by atoms with Crippen molar-refractivity contribution in [3.63, 3.8) is 0 Å². The van der Waals surface area contributed by atoms with E-state index >= 15 is 0 Å². The first-order valence-electron chi connectivity index (χ1n) is 6.87. The molecule has 102 valence electrons. The van der Waals surface area contributed by atoms with Crippen LogP contribution in [-0.2, 0) is 9.59 Å². The van der Waals surface area contributed by atoms with Crippen LogP contribution in [0.4, 0.5) is 0 Å². The Hall–Kier alpha value is -1.10. The standard InChI is InChI=1S/C13H22N2O3/c16-11(8-10-4-3-7-14-9-10)15-13(12(17)18)5-1-2-6-13/h10,14H,1-9H2,(H,15,16)(H,17,18). The maximum atomic E-state index is 12.0. The molecule has 0 radical (unpaired) electrons. The molecule has 2 aliphatic rings. The number of carbonyl (C=O) groups excluding carboxylic acids is 1. The molecule has 1 amide bonds. The SMILES string of the molecule is O=C(CC1CCCNC1)NC1(C(=O)O)CCCC1. The van der Waals surface area contributed by atoms with Crippen LogP contribution in [0.2, 0.25) is 0 Å². The molecular formula is C13H22N2O3. The molecule has 1 atom stereocenters. The van der Waals surface area contributed by atoms with E-state index in [-0.39, 0.29) is 5.91 Å². The summed E-state index contributed by atoms with van der Waals surface area (Å²) < 4.78 is 0. The highest BCUT2D eigenvalue weighted by atomic mass is 16.4. The quantitative estimate of drug-likeness (QED) is 0.696. The van der Waals surface area contributed by atoms with Crippen molar-refractivity contribution in [2.24, 2.45) is 5.92 Å². The third kappa shape index (κ3) is 3.02. The Kier molecular flexibility index (Phi) is 4.22. The highest BCUT2D eigenvalue weighted by Gasteiger charge is 2.42. The van der Waals surface area contributed by atoms with E-state index in [2.05, 4.69) is 10.6 Å². The molecule has 18 heavy (non-hydrogen) atoms. The lowest BCUT2D eigenvalue weighted by atomic mass is 9.93. The Morgan fingerprint density at radius 1 is 1.28 bits per heavy atom. The first-order chi connectivity index (χ1) is 8.62. The number of nitrogens with one attached hydrogen (secondary N) is 2. The largest absolute Gasteiger partial charge is 0.480 e. The van der Waals surface area contributed by atoms with Crippen molar-refractivity contribution in [1.29, 1.82) is 0 Å². The second-order valence-electron chi connectivity index (χ2n) is 5.56. The van der Waals surface area contributed by atoms with Crippen LogP contribution in [-0.4, -0.2) is 35.6 Å². The van der Waals surface area contributed by atoms with Gasteiger partial charge < -0.3 is 15.7 Å². The molecule has 0 spiro atoms. The average molecular weight is 254 g/mol. The van der Waals surface area contributed by atoms with Crippen LogP contribution in [0, 0.1) is 5.92 Å². The molecule has 0 aromatic heterocycles. The van der Waals surface area contributed by atoms with Gasteiger partial charge in [0.05, 0.1) is 0 Å². The van der Waals surface area contributed by atoms with Gasteiger partial charge in [0.15, 0.2) is 0 Å². The van der Waals surface area contributed by atoms with Gasteiger partial charge in [-0.05, 0) is 44.7 Å². The van der Waals surface area contributed by atoms with Gasteiger partial charge in [0, 0.05) is 6.42 Å². The Morgan fingerprint density at radius 2 is 2.00 bits per heavy atom. The van der Waals surface area contributed by atoms with Crippen LogP contribution in [0.25, 0.3) is 0 Å². The van der Waals surface area contributed by atoms with Crippen LogP contribution in [0.5, 0.6) is 0 Å². The molecule has 1 saturated carbocycles. The zero-order valence-electron chi connectivity index (χ0n) is 10.7. The van der Waals surface area contributed by atoms with Crippen molar-refractivity contribution in [2.75, 3.05) is 13.1 Å². The lowest BCUT2D eigenvalue weighted by Crippen LogP contribution is -2.53. The smallest absolute Gasteiger partial charge is 0.329 e. The van der Waals surface area contributed by atoms with Gasteiger partial charge in [0.2, 0.25) is 5.91 Å². The number of carboxylic acids is 1. The average Bonchev–Trinajstić information content (AvgIpc) is 2.80. The summed E-state index contributed by atoms with van der Waals surface area (Å²) in [6.07, 6.45) is 5.51. The molecule has 1 aliphatic heterocycles. The van der Waals surface area contributed by atoms with Crippen LogP contribution in [0.3, 0.4) is 0 Å². The minimum Gasteiger partial charge on any atom is -0.480 e. The lowest BCUT2D eigenvalue weighted by molar-refractivity contribution is -0.147. The summed E-state index contributed by atoms with van der Waals surface area (Å²) in [5.41, 5.74) is -0.987. The molecule has 1 heterocycles. The first-order valence-corrected chi connectivity index (χ1v) is 6.87. The number of hydrogen-bond donors (Lipinski definition) is 3. The van der Waals surface area contributed by atoms with Crippen LogP contribution >= 0.6 is 0 Å². The molecule has 1 unspecified atom stereocenters. The second-order valence-corrected chi connectivity index (χ2v) is 5.56. The maximum absolute atomic E-state index is 12.0. The monoisotopic (exact) mass is 254 g/mol. The van der Waals surface area contributed by atoms with Gasteiger partial charge in [-0.2, -0.15) is 0 Å². The highest BCUT2D eigenvalue weighted by Crippen LogP contribution is 2.30. The summed E-state index contributed by atoms with van der Waals surface area (Å²) >= 11 is 0. The fourth-order valence-electron chi connectivity index (χ4n) is 3.05. The molecule has 1 saturated heterocycles. The predicted octanol–water partition coefficient (Wildman–Crippen LogP) is 0.890. The summed E-state index contributed by atoms with van der Waals surface area (Å²) in [6.45, 7) is 1.89. The van der Waals surface area contributed by atoms with Crippen molar-refractivity contribution in [2.45, 2.75) is 50.5 Å². The van der Waals surface area contributed by atoms with Gasteiger partial charge in [-0.3, -0.25) is 4.79 Å². The minimum absolute atomic E-state index is 0.104. The normalized spacial score (nSPS) is 26.8. The van der Waals surface area contributed by atoms with E-state index in [0.717, 1.165) is 38.8 Å². The van der Waals surface area contributed by atoms with E-state index < -0.39 is 11.5 Å². The summed E-state index contributed by atoms with van der Waals surface area (Å²) in [5, 5.41) is 15.3. The number of aliphatic carboxylic acids is 1. The van der Waals surface area contributed by atoms with Gasteiger partial charge in [0.1, 0.15) is 5.54 Å². The van der Waals surface area contributed by atoms with E-state index in [1.807, 2.05) is 0 Å². The Bertz CT molecular complexity index is 318. The molecule has 0 aromatic rings. The van der Waals surface area contributed by atoms with Crippen molar-refractivity contribution in [3.8, 4) is 0 Å². The molecule has 0 bridgehead atoms. The van der Waals surface area contributed by atoms with Crippen molar-refractivity contribution < 1.29 is 14.7 Å². The first kappa shape index (κ1) is 13.3. The molecule has 5 heteroatoms.